The highest BCUT2D eigenvalue weighted by molar-refractivity contribution is 7.08. The summed E-state index contributed by atoms with van der Waals surface area (Å²) in [6.07, 6.45) is 5.19. The number of nitrogens with one attached hydrogen (secondary N) is 1. The molecule has 0 spiro atoms. The molecule has 3 rings (SSSR count). The van der Waals surface area contributed by atoms with Crippen LogP contribution in [0.1, 0.15) is 17.4 Å². The fourth-order valence-electron chi connectivity index (χ4n) is 1.99. The van der Waals surface area contributed by atoms with Crippen LogP contribution < -0.4 is 5.32 Å². The third-order valence-corrected chi connectivity index (χ3v) is 3.88. The minimum Gasteiger partial charge on any atom is -0.472 e. The van der Waals surface area contributed by atoms with Gasteiger partial charge in [0.2, 0.25) is 5.91 Å². The van der Waals surface area contributed by atoms with Gasteiger partial charge in [-0.1, -0.05) is 0 Å². The third-order valence-electron chi connectivity index (χ3n) is 3.20. The van der Waals surface area contributed by atoms with Gasteiger partial charge in [-0.3, -0.25) is 4.79 Å². The first-order valence-electron chi connectivity index (χ1n) is 7.01. The van der Waals surface area contributed by atoms with E-state index in [1.54, 1.807) is 35.6 Å². The van der Waals surface area contributed by atoms with Crippen molar-refractivity contribution >= 4 is 23.3 Å². The fraction of sp³-hybridized carbons (Fsp3) is 0.118. The summed E-state index contributed by atoms with van der Waals surface area (Å²) < 4.78 is 10.5. The first-order valence-corrected chi connectivity index (χ1v) is 7.95. The summed E-state index contributed by atoms with van der Waals surface area (Å²) in [6, 6.07) is 7.21. The lowest BCUT2D eigenvalue weighted by molar-refractivity contribution is -0.116. The Morgan fingerprint density at radius 1 is 1.35 bits per heavy atom. The molecule has 0 radical (unpaired) electrons. The van der Waals surface area contributed by atoms with Crippen LogP contribution in [0.5, 0.6) is 0 Å². The largest absolute Gasteiger partial charge is 0.472 e. The molecule has 1 unspecified atom stereocenters. The number of hydrogen-bond acceptors (Lipinski definition) is 5. The van der Waals surface area contributed by atoms with Crippen molar-refractivity contribution in [3.8, 4) is 11.3 Å². The minimum atomic E-state index is -0.895. The van der Waals surface area contributed by atoms with E-state index < -0.39 is 6.10 Å². The number of furan rings is 2. The molecule has 3 heterocycles. The standard InChI is InChI=1S/C17H15NO4S/c19-14(9-18-17(20)4-1-12-5-7-21-10-12)16-3-2-15(22-16)13-6-8-23-11-13/h1-8,10-11,14,19H,9H2,(H,18,20)/b4-1+. The molecule has 0 saturated heterocycles. The topological polar surface area (TPSA) is 75.6 Å². The molecule has 0 aliphatic rings. The molecule has 0 fully saturated rings. The van der Waals surface area contributed by atoms with Crippen molar-refractivity contribution in [1.29, 1.82) is 0 Å². The van der Waals surface area contributed by atoms with Gasteiger partial charge in [0.25, 0.3) is 0 Å². The molecule has 2 N–H and O–H groups in total. The summed E-state index contributed by atoms with van der Waals surface area (Å²) in [5.41, 5.74) is 1.77. The van der Waals surface area contributed by atoms with Crippen LogP contribution >= 0.6 is 11.3 Å². The first-order chi connectivity index (χ1) is 11.2. The van der Waals surface area contributed by atoms with E-state index in [9.17, 15) is 9.90 Å². The molecule has 3 aromatic heterocycles. The Hall–Kier alpha value is -2.57. The molecular formula is C17H15NO4S. The second-order valence-electron chi connectivity index (χ2n) is 4.87. The molecule has 0 bridgehead atoms. The molecule has 0 aliphatic carbocycles. The van der Waals surface area contributed by atoms with Gasteiger partial charge in [0.15, 0.2) is 0 Å². The number of hydrogen-bond donors (Lipinski definition) is 2. The van der Waals surface area contributed by atoms with Crippen LogP contribution in [-0.2, 0) is 4.79 Å². The smallest absolute Gasteiger partial charge is 0.244 e. The normalized spacial score (nSPS) is 12.6. The summed E-state index contributed by atoms with van der Waals surface area (Å²) in [5.74, 6) is 0.826. The molecule has 0 aromatic carbocycles. The molecule has 1 atom stereocenters. The third kappa shape index (κ3) is 4.00. The molecule has 0 aliphatic heterocycles. The van der Waals surface area contributed by atoms with Crippen LogP contribution in [0.3, 0.4) is 0 Å². The maximum Gasteiger partial charge on any atom is 0.244 e. The maximum atomic E-state index is 11.7. The Labute approximate surface area is 136 Å². The molecule has 6 heteroatoms. The van der Waals surface area contributed by atoms with E-state index in [4.69, 9.17) is 8.83 Å². The van der Waals surface area contributed by atoms with Crippen molar-refractivity contribution < 1.29 is 18.7 Å². The Morgan fingerprint density at radius 3 is 3.00 bits per heavy atom. The molecular weight excluding hydrogens is 314 g/mol. The van der Waals surface area contributed by atoms with Crippen LogP contribution in [0.4, 0.5) is 0 Å². The summed E-state index contributed by atoms with van der Waals surface area (Å²) in [4.78, 5) is 11.7. The molecule has 1 amide bonds. The Bertz CT molecular complexity index is 772. The van der Waals surface area contributed by atoms with E-state index in [-0.39, 0.29) is 12.5 Å². The predicted molar refractivity (Wildman–Crippen MR) is 87.7 cm³/mol. The number of rotatable bonds is 6. The monoisotopic (exact) mass is 329 g/mol. The molecule has 5 nitrogen and oxygen atoms in total. The number of aliphatic hydroxyl groups is 1. The number of amides is 1. The molecule has 3 aromatic rings. The van der Waals surface area contributed by atoms with Crippen molar-refractivity contribution in [3.63, 3.8) is 0 Å². The number of aliphatic hydroxyl groups excluding tert-OH is 1. The van der Waals surface area contributed by atoms with E-state index in [0.29, 0.717) is 11.5 Å². The Morgan fingerprint density at radius 2 is 2.26 bits per heavy atom. The van der Waals surface area contributed by atoms with Crippen molar-refractivity contribution in [2.45, 2.75) is 6.10 Å². The minimum absolute atomic E-state index is 0.0746. The first kappa shape index (κ1) is 15.3. The average molecular weight is 329 g/mol. The Kier molecular flexibility index (Phi) is 4.75. The fourth-order valence-corrected chi connectivity index (χ4v) is 2.64. The lowest BCUT2D eigenvalue weighted by Gasteiger charge is -2.08. The summed E-state index contributed by atoms with van der Waals surface area (Å²) >= 11 is 1.58. The van der Waals surface area contributed by atoms with Gasteiger partial charge < -0.3 is 19.3 Å². The Balaban J connectivity index is 1.53. The zero-order valence-electron chi connectivity index (χ0n) is 12.1. The van der Waals surface area contributed by atoms with Crippen LogP contribution in [-0.4, -0.2) is 17.6 Å². The molecule has 0 saturated carbocycles. The highest BCUT2D eigenvalue weighted by atomic mass is 32.1. The van der Waals surface area contributed by atoms with Gasteiger partial charge in [0.1, 0.15) is 17.6 Å². The number of carbonyl (C=O) groups is 1. The van der Waals surface area contributed by atoms with Gasteiger partial charge in [-0.15, -0.1) is 0 Å². The van der Waals surface area contributed by atoms with Crippen molar-refractivity contribution in [1.82, 2.24) is 5.32 Å². The molecule has 118 valence electrons. The van der Waals surface area contributed by atoms with Crippen molar-refractivity contribution in [2.75, 3.05) is 6.54 Å². The second kappa shape index (κ2) is 7.13. The van der Waals surface area contributed by atoms with Gasteiger partial charge in [0, 0.05) is 22.6 Å². The summed E-state index contributed by atoms with van der Waals surface area (Å²) in [7, 11) is 0. The van der Waals surface area contributed by atoms with Gasteiger partial charge in [-0.05, 0) is 35.7 Å². The zero-order valence-corrected chi connectivity index (χ0v) is 13.0. The van der Waals surface area contributed by atoms with E-state index in [0.717, 1.165) is 11.1 Å². The van der Waals surface area contributed by atoms with E-state index >= 15 is 0 Å². The van der Waals surface area contributed by atoms with Crippen molar-refractivity contribution in [2.24, 2.45) is 0 Å². The highest BCUT2D eigenvalue weighted by Gasteiger charge is 2.14. The molecule has 23 heavy (non-hydrogen) atoms. The van der Waals surface area contributed by atoms with Crippen LogP contribution in [0.2, 0.25) is 0 Å². The van der Waals surface area contributed by atoms with Crippen LogP contribution in [0, 0.1) is 0 Å². The van der Waals surface area contributed by atoms with Gasteiger partial charge in [0.05, 0.1) is 19.1 Å². The predicted octanol–water partition coefficient (Wildman–Crippen LogP) is 3.46. The number of thiophene rings is 1. The average Bonchev–Trinajstić information content (AvgIpc) is 3.31. The lowest BCUT2D eigenvalue weighted by atomic mass is 10.2. The summed E-state index contributed by atoms with van der Waals surface area (Å²) in [6.45, 7) is 0.0746. The van der Waals surface area contributed by atoms with Crippen LogP contribution in [0.15, 0.2) is 62.5 Å². The van der Waals surface area contributed by atoms with E-state index in [1.807, 2.05) is 16.8 Å². The number of carbonyl (C=O) groups excluding carboxylic acids is 1. The van der Waals surface area contributed by atoms with Gasteiger partial charge in [-0.2, -0.15) is 11.3 Å². The lowest BCUT2D eigenvalue weighted by Crippen LogP contribution is -2.26. The van der Waals surface area contributed by atoms with Gasteiger partial charge >= 0.3 is 0 Å². The summed E-state index contributed by atoms with van der Waals surface area (Å²) in [5, 5.41) is 16.6. The highest BCUT2D eigenvalue weighted by Crippen LogP contribution is 2.26. The van der Waals surface area contributed by atoms with E-state index in [2.05, 4.69) is 5.32 Å². The maximum absolute atomic E-state index is 11.7. The quantitative estimate of drug-likeness (QED) is 0.679. The van der Waals surface area contributed by atoms with Crippen molar-refractivity contribution in [3.05, 3.63) is 65.0 Å². The van der Waals surface area contributed by atoms with Gasteiger partial charge in [-0.25, -0.2) is 0 Å². The van der Waals surface area contributed by atoms with E-state index in [1.165, 1.54) is 18.6 Å². The van der Waals surface area contributed by atoms with Crippen LogP contribution in [0.25, 0.3) is 17.4 Å². The zero-order chi connectivity index (χ0) is 16.1. The second-order valence-corrected chi connectivity index (χ2v) is 5.65. The SMILES string of the molecule is O=C(/C=C/c1ccoc1)NCC(O)c1ccc(-c2ccsc2)o1.